The molecule has 0 radical (unpaired) electrons. The molecule has 0 saturated heterocycles. The van der Waals surface area contributed by atoms with Crippen LogP contribution in [0.5, 0.6) is 11.5 Å². The Morgan fingerprint density at radius 1 is 1.04 bits per heavy atom. The van der Waals surface area contributed by atoms with Gasteiger partial charge in [-0.3, -0.25) is 4.79 Å². The Morgan fingerprint density at radius 2 is 1.60 bits per heavy atom. The summed E-state index contributed by atoms with van der Waals surface area (Å²) in [6.07, 6.45) is -9.25. The van der Waals surface area contributed by atoms with Crippen LogP contribution in [0.4, 0.5) is 26.3 Å². The molecule has 5 nitrogen and oxygen atoms in total. The minimum Gasteiger partial charge on any atom is -0.484 e. The molecule has 1 amide bonds. The molecule has 0 saturated carbocycles. The molecular weight excluding hydrogens is 382 g/mol. The van der Waals surface area contributed by atoms with Gasteiger partial charge in [0.25, 0.3) is 5.91 Å². The van der Waals surface area contributed by atoms with Gasteiger partial charge in [0.1, 0.15) is 11.5 Å². The average molecular weight is 397 g/mol. The summed E-state index contributed by atoms with van der Waals surface area (Å²) in [7, 11) is 0. The minimum atomic E-state index is -4.64. The Hall–Kier alpha value is -1.88. The van der Waals surface area contributed by atoms with Gasteiger partial charge >= 0.3 is 12.4 Å². The number of carbonyl (C=O) groups excluding carboxylic acids is 1. The van der Waals surface area contributed by atoms with Crippen LogP contribution in [0.3, 0.4) is 0 Å². The van der Waals surface area contributed by atoms with Gasteiger partial charge in [-0.1, -0.05) is 0 Å². The molecule has 0 aliphatic carbocycles. The van der Waals surface area contributed by atoms with E-state index in [0.717, 1.165) is 18.2 Å². The van der Waals surface area contributed by atoms with E-state index in [9.17, 15) is 31.1 Å². The monoisotopic (exact) mass is 396 g/mol. The van der Waals surface area contributed by atoms with Crippen molar-refractivity contribution in [2.24, 2.45) is 5.73 Å². The van der Waals surface area contributed by atoms with E-state index in [0.29, 0.717) is 0 Å². The number of hydrogen-bond acceptors (Lipinski definition) is 4. The van der Waals surface area contributed by atoms with E-state index >= 15 is 0 Å². The van der Waals surface area contributed by atoms with Crippen LogP contribution in [-0.2, 0) is 0 Å². The summed E-state index contributed by atoms with van der Waals surface area (Å²) in [4.78, 5) is 11.9. The Labute approximate surface area is 144 Å². The molecule has 12 heteroatoms. The Kier molecular flexibility index (Phi) is 8.84. The zero-order valence-corrected chi connectivity index (χ0v) is 13.4. The SMILES string of the molecule is Cl.NCCNC(=O)c1cc(OCC(F)(F)F)ccc1OCC(F)(F)F. The van der Waals surface area contributed by atoms with Gasteiger partial charge in [0.05, 0.1) is 5.56 Å². The van der Waals surface area contributed by atoms with E-state index in [-0.39, 0.29) is 31.2 Å². The first-order valence-electron chi connectivity index (χ1n) is 6.53. The van der Waals surface area contributed by atoms with E-state index in [4.69, 9.17) is 5.73 Å². The molecule has 0 heterocycles. The van der Waals surface area contributed by atoms with Gasteiger partial charge in [-0.05, 0) is 18.2 Å². The number of amides is 1. The van der Waals surface area contributed by atoms with Crippen LogP contribution >= 0.6 is 12.4 Å². The van der Waals surface area contributed by atoms with E-state index in [2.05, 4.69) is 14.8 Å². The lowest BCUT2D eigenvalue weighted by Gasteiger charge is -2.15. The smallest absolute Gasteiger partial charge is 0.422 e. The van der Waals surface area contributed by atoms with Crippen molar-refractivity contribution in [2.75, 3.05) is 26.3 Å². The van der Waals surface area contributed by atoms with Crippen molar-refractivity contribution in [3.63, 3.8) is 0 Å². The molecule has 3 N–H and O–H groups in total. The predicted octanol–water partition coefficient (Wildman–Crippen LogP) is 2.68. The molecule has 144 valence electrons. The standard InChI is InChI=1S/C13H14F6N2O3.ClH/c14-12(15,16)6-23-8-1-2-10(24-7-13(17,18)19)9(5-8)11(22)21-4-3-20;/h1-2,5H,3-4,6-7,20H2,(H,21,22);1H. The molecule has 0 atom stereocenters. The number of carbonyl (C=O) groups is 1. The molecule has 0 aliphatic heterocycles. The van der Waals surface area contributed by atoms with Crippen LogP contribution in [0.25, 0.3) is 0 Å². The lowest BCUT2D eigenvalue weighted by Crippen LogP contribution is -2.30. The number of ether oxygens (including phenoxy) is 2. The largest absolute Gasteiger partial charge is 0.484 e. The second kappa shape index (κ2) is 9.56. The van der Waals surface area contributed by atoms with Gasteiger partial charge in [-0.25, -0.2) is 0 Å². The van der Waals surface area contributed by atoms with Gasteiger partial charge in [0.15, 0.2) is 13.2 Å². The normalized spacial score (nSPS) is 11.5. The van der Waals surface area contributed by atoms with Crippen molar-refractivity contribution >= 4 is 18.3 Å². The molecule has 1 aromatic rings. The Morgan fingerprint density at radius 3 is 2.12 bits per heavy atom. The number of nitrogens with one attached hydrogen (secondary N) is 1. The first-order chi connectivity index (χ1) is 11.0. The molecule has 0 unspecified atom stereocenters. The second-order valence-corrected chi connectivity index (χ2v) is 4.51. The molecule has 0 bridgehead atoms. The van der Waals surface area contributed by atoms with E-state index in [1.54, 1.807) is 0 Å². The third kappa shape index (κ3) is 9.25. The number of hydrogen-bond donors (Lipinski definition) is 2. The molecule has 0 spiro atoms. The number of rotatable bonds is 7. The van der Waals surface area contributed by atoms with Gasteiger partial charge < -0.3 is 20.5 Å². The van der Waals surface area contributed by atoms with Crippen molar-refractivity contribution < 1.29 is 40.6 Å². The first kappa shape index (κ1) is 23.1. The van der Waals surface area contributed by atoms with Crippen LogP contribution in [0, 0.1) is 0 Å². The van der Waals surface area contributed by atoms with Gasteiger partial charge in [-0.15, -0.1) is 12.4 Å². The highest BCUT2D eigenvalue weighted by Gasteiger charge is 2.30. The molecular formula is C13H15ClF6N2O3. The molecule has 0 fully saturated rings. The maximum absolute atomic E-state index is 12.2. The second-order valence-electron chi connectivity index (χ2n) is 4.51. The highest BCUT2D eigenvalue weighted by atomic mass is 35.5. The zero-order valence-electron chi connectivity index (χ0n) is 12.5. The van der Waals surface area contributed by atoms with Crippen LogP contribution in [0.2, 0.25) is 0 Å². The van der Waals surface area contributed by atoms with Crippen LogP contribution in [0.15, 0.2) is 18.2 Å². The van der Waals surface area contributed by atoms with E-state index in [1.165, 1.54) is 0 Å². The third-order valence-electron chi connectivity index (χ3n) is 2.42. The fourth-order valence-corrected chi connectivity index (χ4v) is 1.51. The van der Waals surface area contributed by atoms with Crippen LogP contribution < -0.4 is 20.5 Å². The average Bonchev–Trinajstić information content (AvgIpc) is 2.47. The summed E-state index contributed by atoms with van der Waals surface area (Å²) in [6, 6.07) is 2.76. The Balaban J connectivity index is 0.00000576. The number of nitrogens with two attached hydrogens (primary N) is 1. The topological polar surface area (TPSA) is 73.6 Å². The number of halogens is 7. The Bertz CT molecular complexity index is 566. The summed E-state index contributed by atoms with van der Waals surface area (Å²) in [5.41, 5.74) is 4.79. The fourth-order valence-electron chi connectivity index (χ4n) is 1.51. The molecule has 1 aromatic carbocycles. The molecule has 25 heavy (non-hydrogen) atoms. The van der Waals surface area contributed by atoms with E-state index in [1.807, 2.05) is 0 Å². The van der Waals surface area contributed by atoms with Gasteiger partial charge in [0, 0.05) is 13.1 Å². The van der Waals surface area contributed by atoms with Crippen molar-refractivity contribution in [1.29, 1.82) is 0 Å². The maximum atomic E-state index is 12.2. The maximum Gasteiger partial charge on any atom is 0.422 e. The molecule has 1 rings (SSSR count). The minimum absolute atomic E-state index is 0. The lowest BCUT2D eigenvalue weighted by molar-refractivity contribution is -0.154. The molecule has 0 aliphatic rings. The van der Waals surface area contributed by atoms with E-state index < -0.39 is 42.8 Å². The molecule has 0 aromatic heterocycles. The third-order valence-corrected chi connectivity index (χ3v) is 2.42. The van der Waals surface area contributed by atoms with Crippen LogP contribution in [-0.4, -0.2) is 44.6 Å². The van der Waals surface area contributed by atoms with Crippen LogP contribution in [0.1, 0.15) is 10.4 Å². The highest BCUT2D eigenvalue weighted by molar-refractivity contribution is 5.97. The summed E-state index contributed by atoms with van der Waals surface area (Å²) in [5.74, 6) is -1.64. The summed E-state index contributed by atoms with van der Waals surface area (Å²) < 4.78 is 82.0. The fraction of sp³-hybridized carbons (Fsp3) is 0.462. The number of benzene rings is 1. The summed E-state index contributed by atoms with van der Waals surface area (Å²) >= 11 is 0. The first-order valence-corrected chi connectivity index (χ1v) is 6.53. The highest BCUT2D eigenvalue weighted by Crippen LogP contribution is 2.27. The predicted molar refractivity (Wildman–Crippen MR) is 78.2 cm³/mol. The number of alkyl halides is 6. The van der Waals surface area contributed by atoms with Crippen molar-refractivity contribution in [3.8, 4) is 11.5 Å². The van der Waals surface area contributed by atoms with Crippen molar-refractivity contribution in [1.82, 2.24) is 5.32 Å². The van der Waals surface area contributed by atoms with Crippen molar-refractivity contribution in [2.45, 2.75) is 12.4 Å². The summed E-state index contributed by atoms with van der Waals surface area (Å²) in [6.45, 7) is -3.19. The van der Waals surface area contributed by atoms with Gasteiger partial charge in [0.2, 0.25) is 0 Å². The zero-order chi connectivity index (χ0) is 18.4. The van der Waals surface area contributed by atoms with Gasteiger partial charge in [-0.2, -0.15) is 26.3 Å². The van der Waals surface area contributed by atoms with Crippen molar-refractivity contribution in [3.05, 3.63) is 23.8 Å². The quantitative estimate of drug-likeness (QED) is 0.695. The lowest BCUT2D eigenvalue weighted by atomic mass is 10.1. The summed E-state index contributed by atoms with van der Waals surface area (Å²) in [5, 5.41) is 2.28.